The Kier molecular flexibility index (Phi) is 2.78. The minimum atomic E-state index is -0.767. The first-order valence-corrected chi connectivity index (χ1v) is 5.98. The topological polar surface area (TPSA) is 37.5 Å². The van der Waals surface area contributed by atoms with E-state index in [9.17, 15) is 5.11 Å². The van der Waals surface area contributed by atoms with Crippen LogP contribution in [0.25, 0.3) is 5.52 Å². The molecule has 90 valence electrons. The second-order valence-electron chi connectivity index (χ2n) is 4.06. The lowest BCUT2D eigenvalue weighted by Crippen LogP contribution is -2.05. The van der Waals surface area contributed by atoms with Crippen LogP contribution in [0.5, 0.6) is 0 Å². The molecule has 0 saturated heterocycles. The van der Waals surface area contributed by atoms with Crippen molar-refractivity contribution >= 4 is 17.1 Å². The summed E-state index contributed by atoms with van der Waals surface area (Å²) in [6, 6.07) is 13.0. The van der Waals surface area contributed by atoms with Gasteiger partial charge in [0.1, 0.15) is 6.10 Å². The molecule has 0 bridgehead atoms. The summed E-state index contributed by atoms with van der Waals surface area (Å²) < 4.78 is 1.86. The summed E-state index contributed by atoms with van der Waals surface area (Å²) in [7, 11) is 0. The number of imidazole rings is 1. The zero-order valence-electron chi connectivity index (χ0n) is 9.49. The minimum Gasteiger partial charge on any atom is -0.382 e. The normalized spacial score (nSPS) is 12.8. The molecule has 3 aromatic rings. The van der Waals surface area contributed by atoms with Crippen LogP contribution in [0.3, 0.4) is 0 Å². The van der Waals surface area contributed by atoms with Gasteiger partial charge in [-0.15, -0.1) is 0 Å². The van der Waals surface area contributed by atoms with Gasteiger partial charge in [-0.05, 0) is 18.2 Å². The summed E-state index contributed by atoms with van der Waals surface area (Å²) in [6.45, 7) is 0. The van der Waals surface area contributed by atoms with Crippen LogP contribution in [0.15, 0.2) is 55.0 Å². The number of rotatable bonds is 2. The molecule has 0 saturated carbocycles. The summed E-state index contributed by atoms with van der Waals surface area (Å²) in [5.74, 6) is 0. The first kappa shape index (κ1) is 11.3. The third kappa shape index (κ3) is 1.78. The molecule has 0 spiro atoms. The zero-order valence-corrected chi connectivity index (χ0v) is 10.2. The highest BCUT2D eigenvalue weighted by atomic mass is 35.5. The summed E-state index contributed by atoms with van der Waals surface area (Å²) in [6.07, 6.45) is 2.67. The molecule has 0 amide bonds. The molecule has 3 nitrogen and oxygen atoms in total. The maximum Gasteiger partial charge on any atom is 0.121 e. The molecule has 4 heteroatoms. The highest BCUT2D eigenvalue weighted by Crippen LogP contribution is 2.28. The number of benzene rings is 1. The molecule has 1 N–H and O–H groups in total. The third-order valence-corrected chi connectivity index (χ3v) is 3.30. The maximum atomic E-state index is 10.5. The number of pyridine rings is 1. The molecule has 2 aromatic heterocycles. The Balaban J connectivity index is 2.15. The lowest BCUT2D eigenvalue weighted by molar-refractivity contribution is 0.214. The molecular formula is C14H11ClN2O. The van der Waals surface area contributed by atoms with Crippen molar-refractivity contribution in [1.29, 1.82) is 0 Å². The Morgan fingerprint density at radius 3 is 2.78 bits per heavy atom. The molecule has 1 atom stereocenters. The lowest BCUT2D eigenvalue weighted by atomic mass is 10.1. The SMILES string of the molecule is OC(c1ccccc1Cl)c1cccc2cncn12. The number of hydrogen-bond acceptors (Lipinski definition) is 2. The van der Waals surface area contributed by atoms with Crippen molar-refractivity contribution in [1.82, 2.24) is 9.38 Å². The van der Waals surface area contributed by atoms with Gasteiger partial charge >= 0.3 is 0 Å². The first-order valence-electron chi connectivity index (χ1n) is 5.61. The standard InChI is InChI=1S/C14H11ClN2O/c15-12-6-2-1-5-11(12)14(18)13-7-3-4-10-8-16-9-17(10)13/h1-9,14,18H. The molecule has 3 rings (SSSR count). The summed E-state index contributed by atoms with van der Waals surface area (Å²) >= 11 is 6.11. The van der Waals surface area contributed by atoms with E-state index in [4.69, 9.17) is 11.6 Å². The Hall–Kier alpha value is -1.84. The summed E-state index contributed by atoms with van der Waals surface area (Å²) in [4.78, 5) is 4.08. The zero-order chi connectivity index (χ0) is 12.5. The smallest absolute Gasteiger partial charge is 0.121 e. The van der Waals surface area contributed by atoms with Gasteiger partial charge in [0.25, 0.3) is 0 Å². The van der Waals surface area contributed by atoms with Gasteiger partial charge in [-0.1, -0.05) is 35.9 Å². The fourth-order valence-electron chi connectivity index (χ4n) is 2.05. The number of aliphatic hydroxyl groups is 1. The van der Waals surface area contributed by atoms with E-state index in [1.165, 1.54) is 0 Å². The number of aliphatic hydroxyl groups excluding tert-OH is 1. The molecule has 18 heavy (non-hydrogen) atoms. The monoisotopic (exact) mass is 258 g/mol. The van der Waals surface area contributed by atoms with Gasteiger partial charge in [-0.25, -0.2) is 4.98 Å². The average molecular weight is 259 g/mol. The van der Waals surface area contributed by atoms with Crippen molar-refractivity contribution in [2.45, 2.75) is 6.10 Å². The van der Waals surface area contributed by atoms with Crippen molar-refractivity contribution in [2.24, 2.45) is 0 Å². The predicted molar refractivity (Wildman–Crippen MR) is 70.7 cm³/mol. The second kappa shape index (κ2) is 4.44. The molecule has 1 aromatic carbocycles. The Bertz CT molecular complexity index is 693. The molecule has 0 aliphatic heterocycles. The number of hydrogen-bond donors (Lipinski definition) is 1. The Labute approximate surface area is 109 Å². The van der Waals surface area contributed by atoms with Crippen LogP contribution in [0.1, 0.15) is 17.4 Å². The van der Waals surface area contributed by atoms with Crippen molar-refractivity contribution in [3.05, 3.63) is 71.3 Å². The van der Waals surface area contributed by atoms with Crippen LogP contribution >= 0.6 is 11.6 Å². The van der Waals surface area contributed by atoms with Crippen molar-refractivity contribution in [2.75, 3.05) is 0 Å². The number of aromatic nitrogens is 2. The van der Waals surface area contributed by atoms with Gasteiger partial charge in [-0.3, -0.25) is 0 Å². The summed E-state index contributed by atoms with van der Waals surface area (Å²) in [5, 5.41) is 11.0. The first-order chi connectivity index (χ1) is 8.77. The van der Waals surface area contributed by atoms with Crippen LogP contribution in [-0.4, -0.2) is 14.5 Å². The minimum absolute atomic E-state index is 0.558. The number of fused-ring (bicyclic) bond motifs is 1. The van der Waals surface area contributed by atoms with Crippen LogP contribution in [-0.2, 0) is 0 Å². The highest BCUT2D eigenvalue weighted by Gasteiger charge is 2.15. The van der Waals surface area contributed by atoms with Crippen molar-refractivity contribution in [3.8, 4) is 0 Å². The third-order valence-electron chi connectivity index (χ3n) is 2.96. The second-order valence-corrected chi connectivity index (χ2v) is 4.47. The molecule has 2 heterocycles. The van der Waals surface area contributed by atoms with Gasteiger partial charge in [0.05, 0.1) is 23.7 Å². The molecule has 0 aliphatic rings. The van der Waals surface area contributed by atoms with Gasteiger partial charge in [0.2, 0.25) is 0 Å². The Morgan fingerprint density at radius 1 is 1.11 bits per heavy atom. The molecule has 0 aliphatic carbocycles. The summed E-state index contributed by atoms with van der Waals surface area (Å²) in [5.41, 5.74) is 2.39. The van der Waals surface area contributed by atoms with E-state index >= 15 is 0 Å². The molecule has 0 fully saturated rings. The largest absolute Gasteiger partial charge is 0.382 e. The van der Waals surface area contributed by atoms with E-state index in [1.807, 2.05) is 40.8 Å². The van der Waals surface area contributed by atoms with Gasteiger partial charge in [0.15, 0.2) is 0 Å². The molecule has 1 unspecified atom stereocenters. The van der Waals surface area contributed by atoms with Crippen LogP contribution in [0.2, 0.25) is 5.02 Å². The van der Waals surface area contributed by atoms with Crippen molar-refractivity contribution in [3.63, 3.8) is 0 Å². The fourth-order valence-corrected chi connectivity index (χ4v) is 2.29. The quantitative estimate of drug-likeness (QED) is 0.767. The van der Waals surface area contributed by atoms with E-state index in [2.05, 4.69) is 4.98 Å². The Morgan fingerprint density at radius 2 is 1.94 bits per heavy atom. The van der Waals surface area contributed by atoms with Gasteiger partial charge in [0, 0.05) is 10.6 Å². The molecule has 0 radical (unpaired) electrons. The van der Waals surface area contributed by atoms with E-state index < -0.39 is 6.10 Å². The van der Waals surface area contributed by atoms with Gasteiger partial charge in [-0.2, -0.15) is 0 Å². The fraction of sp³-hybridized carbons (Fsp3) is 0.0714. The number of nitrogens with zero attached hydrogens (tertiary/aromatic N) is 2. The van der Waals surface area contributed by atoms with E-state index in [1.54, 1.807) is 18.6 Å². The van der Waals surface area contributed by atoms with Crippen LogP contribution in [0, 0.1) is 0 Å². The number of halogens is 1. The molecular weight excluding hydrogens is 248 g/mol. The van der Waals surface area contributed by atoms with E-state index in [0.29, 0.717) is 10.6 Å². The van der Waals surface area contributed by atoms with E-state index in [0.717, 1.165) is 11.2 Å². The maximum absolute atomic E-state index is 10.5. The van der Waals surface area contributed by atoms with Crippen LogP contribution < -0.4 is 0 Å². The van der Waals surface area contributed by atoms with Crippen LogP contribution in [0.4, 0.5) is 0 Å². The predicted octanol–water partition coefficient (Wildman–Crippen LogP) is 3.07. The van der Waals surface area contributed by atoms with Crippen molar-refractivity contribution < 1.29 is 5.11 Å². The highest BCUT2D eigenvalue weighted by molar-refractivity contribution is 6.31. The lowest BCUT2D eigenvalue weighted by Gasteiger charge is -2.14. The van der Waals surface area contributed by atoms with E-state index in [-0.39, 0.29) is 0 Å². The van der Waals surface area contributed by atoms with Gasteiger partial charge < -0.3 is 9.51 Å². The average Bonchev–Trinajstić information content (AvgIpc) is 2.86.